The average molecular weight is 334 g/mol. The summed E-state index contributed by atoms with van der Waals surface area (Å²) >= 11 is 0. The van der Waals surface area contributed by atoms with E-state index < -0.39 is 4.92 Å². The summed E-state index contributed by atoms with van der Waals surface area (Å²) in [6.45, 7) is 6.43. The van der Waals surface area contributed by atoms with Gasteiger partial charge in [0.1, 0.15) is 18.3 Å². The normalized spacial score (nSPS) is 23.8. The number of nitrogens with zero attached hydrogens (tertiary/aromatic N) is 1. The molecule has 1 fully saturated rings. The van der Waals surface area contributed by atoms with Gasteiger partial charge in [-0.05, 0) is 36.7 Å². The first-order valence-electron chi connectivity index (χ1n) is 8.55. The van der Waals surface area contributed by atoms with Gasteiger partial charge in [-0.3, -0.25) is 14.9 Å². The van der Waals surface area contributed by atoms with Crippen molar-refractivity contribution in [1.29, 1.82) is 0 Å². The predicted octanol–water partition coefficient (Wildman–Crippen LogP) is 4.01. The highest BCUT2D eigenvalue weighted by Gasteiger charge is 2.33. The second-order valence-corrected chi connectivity index (χ2v) is 6.98. The molecule has 3 atom stereocenters. The molecule has 6 heteroatoms. The van der Waals surface area contributed by atoms with Gasteiger partial charge in [0.2, 0.25) is 0 Å². The van der Waals surface area contributed by atoms with Crippen LogP contribution in [0.1, 0.15) is 40.0 Å². The SMILES string of the molecule is CC(C)C1CC[C@@H](C)C[C@H]1OC(=O)CNc1ccccc1[N+](=O)[O-]. The molecule has 6 nitrogen and oxygen atoms in total. The maximum atomic E-state index is 12.2. The average Bonchev–Trinajstić information content (AvgIpc) is 2.53. The molecule has 0 radical (unpaired) electrons. The van der Waals surface area contributed by atoms with Gasteiger partial charge in [0, 0.05) is 6.07 Å². The molecule has 1 aliphatic carbocycles. The molecule has 1 aliphatic rings. The minimum absolute atomic E-state index is 0.0448. The highest BCUT2D eigenvalue weighted by Crippen LogP contribution is 2.35. The Balaban J connectivity index is 1.94. The van der Waals surface area contributed by atoms with Crippen LogP contribution in [0, 0.1) is 27.9 Å². The molecule has 0 amide bonds. The molecule has 0 saturated heterocycles. The Labute approximate surface area is 142 Å². The molecule has 1 aromatic rings. The number of hydrogen-bond acceptors (Lipinski definition) is 5. The van der Waals surface area contributed by atoms with E-state index in [1.807, 2.05) is 0 Å². The van der Waals surface area contributed by atoms with E-state index in [4.69, 9.17) is 4.74 Å². The van der Waals surface area contributed by atoms with E-state index in [-0.39, 0.29) is 24.3 Å². The number of hydrogen-bond donors (Lipinski definition) is 1. The van der Waals surface area contributed by atoms with Gasteiger partial charge in [-0.25, -0.2) is 0 Å². The lowest BCUT2D eigenvalue weighted by atomic mass is 9.75. The second-order valence-electron chi connectivity index (χ2n) is 6.98. The summed E-state index contributed by atoms with van der Waals surface area (Å²) in [5, 5.41) is 13.8. The standard InChI is InChI=1S/C18H26N2O4/c1-12(2)14-9-8-13(3)10-17(14)24-18(21)11-19-15-6-4-5-7-16(15)20(22)23/h4-7,12-14,17,19H,8-11H2,1-3H3/t13-,14?,17-/m1/s1. The van der Waals surface area contributed by atoms with E-state index in [9.17, 15) is 14.9 Å². The molecule has 1 saturated carbocycles. The Bertz CT molecular complexity index is 588. The smallest absolute Gasteiger partial charge is 0.325 e. The maximum absolute atomic E-state index is 12.2. The summed E-state index contributed by atoms with van der Waals surface area (Å²) in [4.78, 5) is 22.7. The molecule has 0 aliphatic heterocycles. The summed E-state index contributed by atoms with van der Waals surface area (Å²) in [6, 6.07) is 6.28. The van der Waals surface area contributed by atoms with Crippen molar-refractivity contribution in [1.82, 2.24) is 0 Å². The van der Waals surface area contributed by atoms with Crippen molar-refractivity contribution in [2.24, 2.45) is 17.8 Å². The van der Waals surface area contributed by atoms with Gasteiger partial charge in [0.25, 0.3) is 5.69 Å². The Kier molecular flexibility index (Phi) is 6.17. The maximum Gasteiger partial charge on any atom is 0.325 e. The van der Waals surface area contributed by atoms with Crippen LogP contribution in [-0.2, 0) is 9.53 Å². The van der Waals surface area contributed by atoms with Gasteiger partial charge >= 0.3 is 5.97 Å². The quantitative estimate of drug-likeness (QED) is 0.483. The number of nitro groups is 1. The molecule has 2 rings (SSSR count). The first kappa shape index (κ1) is 18.2. The lowest BCUT2D eigenvalue weighted by Gasteiger charge is -2.36. The Hall–Kier alpha value is -2.11. The van der Waals surface area contributed by atoms with Gasteiger partial charge < -0.3 is 10.1 Å². The van der Waals surface area contributed by atoms with Gasteiger partial charge in [0.15, 0.2) is 0 Å². The van der Waals surface area contributed by atoms with Crippen molar-refractivity contribution >= 4 is 17.3 Å². The minimum atomic E-state index is -0.467. The van der Waals surface area contributed by atoms with Crippen LogP contribution in [0.3, 0.4) is 0 Å². The Morgan fingerprint density at radius 1 is 1.38 bits per heavy atom. The van der Waals surface area contributed by atoms with Gasteiger partial charge in [-0.2, -0.15) is 0 Å². The second kappa shape index (κ2) is 8.13. The zero-order valence-corrected chi connectivity index (χ0v) is 14.5. The molecular formula is C18H26N2O4. The van der Waals surface area contributed by atoms with Crippen molar-refractivity contribution in [2.75, 3.05) is 11.9 Å². The molecule has 0 heterocycles. The summed E-state index contributed by atoms with van der Waals surface area (Å²) in [5.74, 6) is 1.05. The number of rotatable bonds is 6. The largest absolute Gasteiger partial charge is 0.461 e. The monoisotopic (exact) mass is 334 g/mol. The first-order chi connectivity index (χ1) is 11.4. The molecule has 1 aromatic carbocycles. The summed E-state index contributed by atoms with van der Waals surface area (Å²) < 4.78 is 5.69. The van der Waals surface area contributed by atoms with Gasteiger partial charge in [-0.15, -0.1) is 0 Å². The van der Waals surface area contributed by atoms with Crippen LogP contribution < -0.4 is 5.32 Å². The topological polar surface area (TPSA) is 81.5 Å². The van der Waals surface area contributed by atoms with E-state index in [0.717, 1.165) is 12.8 Å². The van der Waals surface area contributed by atoms with Crippen molar-refractivity contribution in [3.63, 3.8) is 0 Å². The minimum Gasteiger partial charge on any atom is -0.461 e. The molecule has 132 valence electrons. The Morgan fingerprint density at radius 2 is 2.08 bits per heavy atom. The van der Waals surface area contributed by atoms with Gasteiger partial charge in [0.05, 0.1) is 4.92 Å². The number of carbonyl (C=O) groups is 1. The van der Waals surface area contributed by atoms with Crippen LogP contribution in [0.2, 0.25) is 0 Å². The third-order valence-electron chi connectivity index (χ3n) is 4.77. The number of nitro benzene ring substituents is 1. The van der Waals surface area contributed by atoms with Crippen LogP contribution in [0.5, 0.6) is 0 Å². The van der Waals surface area contributed by atoms with E-state index in [2.05, 4.69) is 26.1 Å². The lowest BCUT2D eigenvalue weighted by Crippen LogP contribution is -2.37. The number of para-hydroxylation sites is 2. The van der Waals surface area contributed by atoms with Gasteiger partial charge in [-0.1, -0.05) is 39.3 Å². The van der Waals surface area contributed by atoms with E-state index >= 15 is 0 Å². The van der Waals surface area contributed by atoms with Crippen molar-refractivity contribution in [2.45, 2.75) is 46.1 Å². The number of nitrogens with one attached hydrogen (secondary N) is 1. The predicted molar refractivity (Wildman–Crippen MR) is 92.8 cm³/mol. The fourth-order valence-electron chi connectivity index (χ4n) is 3.41. The van der Waals surface area contributed by atoms with Crippen molar-refractivity contribution in [3.05, 3.63) is 34.4 Å². The third-order valence-corrected chi connectivity index (χ3v) is 4.77. The highest BCUT2D eigenvalue weighted by atomic mass is 16.6. The van der Waals surface area contributed by atoms with E-state index in [1.54, 1.807) is 18.2 Å². The number of esters is 1. The van der Waals surface area contributed by atoms with Crippen LogP contribution in [0.4, 0.5) is 11.4 Å². The Morgan fingerprint density at radius 3 is 2.75 bits per heavy atom. The van der Waals surface area contributed by atoms with Crippen LogP contribution in [0.15, 0.2) is 24.3 Å². The number of carbonyl (C=O) groups excluding carboxylic acids is 1. The molecular weight excluding hydrogens is 308 g/mol. The first-order valence-corrected chi connectivity index (χ1v) is 8.55. The summed E-state index contributed by atoms with van der Waals surface area (Å²) in [7, 11) is 0. The lowest BCUT2D eigenvalue weighted by molar-refractivity contribution is -0.383. The summed E-state index contributed by atoms with van der Waals surface area (Å²) in [6.07, 6.45) is 3.08. The summed E-state index contributed by atoms with van der Waals surface area (Å²) in [5.41, 5.74) is 0.286. The van der Waals surface area contributed by atoms with Crippen molar-refractivity contribution in [3.8, 4) is 0 Å². The van der Waals surface area contributed by atoms with E-state index in [1.165, 1.54) is 12.5 Å². The molecule has 0 aromatic heterocycles. The molecule has 0 bridgehead atoms. The van der Waals surface area contributed by atoms with Crippen molar-refractivity contribution < 1.29 is 14.5 Å². The van der Waals surface area contributed by atoms with Crippen LogP contribution >= 0.6 is 0 Å². The zero-order valence-electron chi connectivity index (χ0n) is 14.5. The number of ether oxygens (including phenoxy) is 1. The fourth-order valence-corrected chi connectivity index (χ4v) is 3.41. The zero-order chi connectivity index (χ0) is 17.7. The number of benzene rings is 1. The molecule has 24 heavy (non-hydrogen) atoms. The highest BCUT2D eigenvalue weighted by molar-refractivity contribution is 5.76. The third kappa shape index (κ3) is 4.69. The molecule has 1 N–H and O–H groups in total. The van der Waals surface area contributed by atoms with Crippen LogP contribution in [0.25, 0.3) is 0 Å². The molecule has 0 spiro atoms. The molecule has 1 unspecified atom stereocenters. The fraction of sp³-hybridized carbons (Fsp3) is 0.611. The number of anilines is 1. The van der Waals surface area contributed by atoms with E-state index in [0.29, 0.717) is 23.4 Å². The van der Waals surface area contributed by atoms with Crippen LogP contribution in [-0.4, -0.2) is 23.5 Å².